The van der Waals surface area contributed by atoms with E-state index in [4.69, 9.17) is 0 Å². The summed E-state index contributed by atoms with van der Waals surface area (Å²) in [6.45, 7) is 10.5. The number of hydrogen-bond acceptors (Lipinski definition) is 1. The molecule has 1 nitrogen and oxygen atoms in total. The van der Waals surface area contributed by atoms with Crippen molar-refractivity contribution in [1.82, 2.24) is 5.32 Å². The second kappa shape index (κ2) is 6.23. The van der Waals surface area contributed by atoms with Crippen molar-refractivity contribution in [2.75, 3.05) is 13.1 Å². The lowest BCUT2D eigenvalue weighted by Crippen LogP contribution is -2.21. The Morgan fingerprint density at radius 1 is 1.29 bits per heavy atom. The van der Waals surface area contributed by atoms with Crippen molar-refractivity contribution < 1.29 is 0 Å². The van der Waals surface area contributed by atoms with Gasteiger partial charge in [0.1, 0.15) is 0 Å². The van der Waals surface area contributed by atoms with E-state index in [-0.39, 0.29) is 0 Å². The summed E-state index contributed by atoms with van der Waals surface area (Å²) >= 11 is 0. The Morgan fingerprint density at radius 3 is 2.50 bits per heavy atom. The van der Waals surface area contributed by atoms with Crippen LogP contribution in [0.15, 0.2) is 12.2 Å². The first-order valence-corrected chi connectivity index (χ1v) is 6.03. The van der Waals surface area contributed by atoms with E-state index in [9.17, 15) is 0 Å². The summed E-state index contributed by atoms with van der Waals surface area (Å²) in [7, 11) is 0. The van der Waals surface area contributed by atoms with Gasteiger partial charge in [-0.05, 0) is 31.7 Å². The van der Waals surface area contributed by atoms with E-state index >= 15 is 0 Å². The molecule has 0 atom stereocenters. The summed E-state index contributed by atoms with van der Waals surface area (Å²) in [5, 5.41) is 3.44. The monoisotopic (exact) mass is 195 g/mol. The van der Waals surface area contributed by atoms with Crippen LogP contribution < -0.4 is 5.32 Å². The van der Waals surface area contributed by atoms with E-state index in [1.807, 2.05) is 0 Å². The standard InChI is InChI=1S/C13H25N/c1-11(2)10-14-9-8-13-6-4-12(3)5-7-13/h12-14H,1,4-10H2,2-3H3. The Bertz CT molecular complexity index is 166. The molecule has 1 N–H and O–H groups in total. The molecule has 0 aromatic rings. The molecule has 0 amide bonds. The average Bonchev–Trinajstić information content (AvgIpc) is 2.15. The summed E-state index contributed by atoms with van der Waals surface area (Å²) in [4.78, 5) is 0. The molecule has 0 radical (unpaired) electrons. The highest BCUT2D eigenvalue weighted by Crippen LogP contribution is 2.29. The lowest BCUT2D eigenvalue weighted by Gasteiger charge is -2.26. The zero-order valence-electron chi connectivity index (χ0n) is 9.81. The smallest absolute Gasteiger partial charge is 0.0159 e. The van der Waals surface area contributed by atoms with Gasteiger partial charge in [0.05, 0.1) is 0 Å². The quantitative estimate of drug-likeness (QED) is 0.524. The minimum absolute atomic E-state index is 0.981. The molecule has 0 spiro atoms. The number of rotatable bonds is 5. The third kappa shape index (κ3) is 4.80. The van der Waals surface area contributed by atoms with E-state index in [0.29, 0.717) is 0 Å². The summed E-state index contributed by atoms with van der Waals surface area (Å²) < 4.78 is 0. The Hall–Kier alpha value is -0.300. The molecular formula is C13H25N. The lowest BCUT2D eigenvalue weighted by atomic mass is 9.81. The van der Waals surface area contributed by atoms with Crippen molar-refractivity contribution in [3.8, 4) is 0 Å². The third-order valence-electron chi connectivity index (χ3n) is 3.29. The van der Waals surface area contributed by atoms with E-state index in [2.05, 4.69) is 25.7 Å². The van der Waals surface area contributed by atoms with E-state index < -0.39 is 0 Å². The first kappa shape index (κ1) is 11.8. The van der Waals surface area contributed by atoms with Gasteiger partial charge in [0.25, 0.3) is 0 Å². The molecule has 0 unspecified atom stereocenters. The van der Waals surface area contributed by atoms with Crippen LogP contribution in [0.3, 0.4) is 0 Å². The molecule has 1 rings (SSSR count). The molecule has 0 aromatic heterocycles. The summed E-state index contributed by atoms with van der Waals surface area (Å²) in [6, 6.07) is 0. The molecule has 1 saturated carbocycles. The van der Waals surface area contributed by atoms with Crippen LogP contribution in [-0.4, -0.2) is 13.1 Å². The highest BCUT2D eigenvalue weighted by Gasteiger charge is 2.17. The maximum absolute atomic E-state index is 3.89. The van der Waals surface area contributed by atoms with E-state index in [1.54, 1.807) is 0 Å². The van der Waals surface area contributed by atoms with Gasteiger partial charge in [0, 0.05) is 6.54 Å². The second-order valence-electron chi connectivity index (χ2n) is 5.05. The topological polar surface area (TPSA) is 12.0 Å². The van der Waals surface area contributed by atoms with Crippen molar-refractivity contribution in [1.29, 1.82) is 0 Å². The molecule has 1 aliphatic rings. The van der Waals surface area contributed by atoms with Gasteiger partial charge < -0.3 is 5.32 Å². The summed E-state index contributed by atoms with van der Waals surface area (Å²) in [5.41, 5.74) is 1.24. The van der Waals surface area contributed by atoms with Crippen LogP contribution in [0, 0.1) is 11.8 Å². The van der Waals surface area contributed by atoms with Crippen LogP contribution in [0.25, 0.3) is 0 Å². The molecule has 1 fully saturated rings. The minimum Gasteiger partial charge on any atom is -0.313 e. The van der Waals surface area contributed by atoms with Gasteiger partial charge in [-0.25, -0.2) is 0 Å². The van der Waals surface area contributed by atoms with Crippen molar-refractivity contribution in [3.63, 3.8) is 0 Å². The number of nitrogens with one attached hydrogen (secondary N) is 1. The van der Waals surface area contributed by atoms with Crippen LogP contribution in [0.4, 0.5) is 0 Å². The second-order valence-corrected chi connectivity index (χ2v) is 5.05. The van der Waals surface area contributed by atoms with Crippen LogP contribution in [-0.2, 0) is 0 Å². The Morgan fingerprint density at radius 2 is 1.93 bits per heavy atom. The predicted molar refractivity (Wildman–Crippen MR) is 63.4 cm³/mol. The van der Waals surface area contributed by atoms with Crippen LogP contribution >= 0.6 is 0 Å². The molecular weight excluding hydrogens is 170 g/mol. The third-order valence-corrected chi connectivity index (χ3v) is 3.29. The normalized spacial score (nSPS) is 27.6. The first-order chi connectivity index (χ1) is 6.68. The Kier molecular flexibility index (Phi) is 5.24. The zero-order valence-corrected chi connectivity index (χ0v) is 9.81. The molecule has 1 heteroatoms. The van der Waals surface area contributed by atoms with Crippen molar-refractivity contribution in [2.45, 2.75) is 46.0 Å². The van der Waals surface area contributed by atoms with Gasteiger partial charge in [-0.15, -0.1) is 0 Å². The highest BCUT2D eigenvalue weighted by molar-refractivity contribution is 4.90. The maximum atomic E-state index is 3.89. The average molecular weight is 195 g/mol. The predicted octanol–water partition coefficient (Wildman–Crippen LogP) is 3.37. The number of hydrogen-bond donors (Lipinski definition) is 1. The molecule has 0 aromatic carbocycles. The van der Waals surface area contributed by atoms with Gasteiger partial charge in [-0.2, -0.15) is 0 Å². The molecule has 0 heterocycles. The zero-order chi connectivity index (χ0) is 10.4. The van der Waals surface area contributed by atoms with Gasteiger partial charge in [0.2, 0.25) is 0 Å². The maximum Gasteiger partial charge on any atom is 0.0159 e. The van der Waals surface area contributed by atoms with E-state index in [0.717, 1.165) is 18.4 Å². The fourth-order valence-electron chi connectivity index (χ4n) is 2.23. The van der Waals surface area contributed by atoms with Gasteiger partial charge >= 0.3 is 0 Å². The molecule has 14 heavy (non-hydrogen) atoms. The molecule has 0 aliphatic heterocycles. The van der Waals surface area contributed by atoms with Gasteiger partial charge in [0.15, 0.2) is 0 Å². The molecule has 0 saturated heterocycles. The van der Waals surface area contributed by atoms with Crippen LogP contribution in [0.1, 0.15) is 46.0 Å². The summed E-state index contributed by atoms with van der Waals surface area (Å²) in [6.07, 6.45) is 7.17. The Labute approximate surface area is 89.0 Å². The molecule has 0 bridgehead atoms. The highest BCUT2D eigenvalue weighted by atomic mass is 14.8. The molecule has 82 valence electrons. The van der Waals surface area contributed by atoms with Crippen molar-refractivity contribution >= 4 is 0 Å². The van der Waals surface area contributed by atoms with Crippen LogP contribution in [0.5, 0.6) is 0 Å². The van der Waals surface area contributed by atoms with Crippen molar-refractivity contribution in [3.05, 3.63) is 12.2 Å². The summed E-state index contributed by atoms with van der Waals surface area (Å²) in [5.74, 6) is 1.97. The van der Waals surface area contributed by atoms with E-state index in [1.165, 1.54) is 44.2 Å². The lowest BCUT2D eigenvalue weighted by molar-refractivity contribution is 0.276. The van der Waals surface area contributed by atoms with Gasteiger partial charge in [-0.1, -0.05) is 44.8 Å². The first-order valence-electron chi connectivity index (χ1n) is 6.03. The van der Waals surface area contributed by atoms with Gasteiger partial charge in [-0.3, -0.25) is 0 Å². The molecule has 1 aliphatic carbocycles. The largest absolute Gasteiger partial charge is 0.313 e. The van der Waals surface area contributed by atoms with Crippen molar-refractivity contribution in [2.24, 2.45) is 11.8 Å². The Balaban J connectivity index is 1.99. The minimum atomic E-state index is 0.981. The fourth-order valence-corrected chi connectivity index (χ4v) is 2.23. The van der Waals surface area contributed by atoms with Crippen LogP contribution in [0.2, 0.25) is 0 Å². The fraction of sp³-hybridized carbons (Fsp3) is 0.846. The SMILES string of the molecule is C=C(C)CNCCC1CCC(C)CC1.